The number of para-hydroxylation sites is 1. The van der Waals surface area contributed by atoms with E-state index in [4.69, 9.17) is 5.26 Å². The third-order valence-corrected chi connectivity index (χ3v) is 2.40. The quantitative estimate of drug-likeness (QED) is 0.632. The number of nitriles is 1. The van der Waals surface area contributed by atoms with Crippen molar-refractivity contribution in [3.63, 3.8) is 0 Å². The molecule has 0 spiro atoms. The average Bonchev–Trinajstić information content (AvgIpc) is 2.44. The van der Waals surface area contributed by atoms with Gasteiger partial charge in [0.15, 0.2) is 0 Å². The van der Waals surface area contributed by atoms with Crippen LogP contribution in [0.15, 0.2) is 24.3 Å². The Morgan fingerprint density at radius 3 is 2.77 bits per heavy atom. The molecule has 0 saturated carbocycles. The number of halogens is 1. The summed E-state index contributed by atoms with van der Waals surface area (Å²) in [5.41, 5.74) is 2.48. The molecule has 0 fully saturated rings. The summed E-state index contributed by atoms with van der Waals surface area (Å²) in [5, 5.41) is 8.82. The van der Waals surface area contributed by atoms with Gasteiger partial charge in [-0.1, -0.05) is 18.2 Å². The van der Waals surface area contributed by atoms with Crippen molar-refractivity contribution in [2.24, 2.45) is 0 Å². The van der Waals surface area contributed by atoms with E-state index in [2.05, 4.69) is 18.2 Å². The molecule has 0 radical (unpaired) electrons. The number of anilines is 1. The SMILES string of the molecule is CN1c2ccccc2CC1C#N.Cl. The molecule has 1 aromatic carbocycles. The summed E-state index contributed by atoms with van der Waals surface area (Å²) < 4.78 is 0. The van der Waals surface area contributed by atoms with E-state index in [9.17, 15) is 0 Å². The van der Waals surface area contributed by atoms with Crippen molar-refractivity contribution in [3.8, 4) is 6.07 Å². The van der Waals surface area contributed by atoms with Gasteiger partial charge in [-0.15, -0.1) is 12.4 Å². The van der Waals surface area contributed by atoms with Crippen molar-refractivity contribution < 1.29 is 0 Å². The Morgan fingerprint density at radius 2 is 2.15 bits per heavy atom. The number of likely N-dealkylation sites (N-methyl/N-ethyl adjacent to an activating group) is 1. The van der Waals surface area contributed by atoms with Gasteiger partial charge >= 0.3 is 0 Å². The molecule has 0 bridgehead atoms. The maximum absolute atomic E-state index is 8.82. The van der Waals surface area contributed by atoms with Crippen molar-refractivity contribution in [2.75, 3.05) is 11.9 Å². The molecular formula is C10H11ClN2. The second kappa shape index (κ2) is 3.68. The Labute approximate surface area is 84.2 Å². The van der Waals surface area contributed by atoms with Gasteiger partial charge in [-0.2, -0.15) is 5.26 Å². The van der Waals surface area contributed by atoms with Crippen LogP contribution in [0.25, 0.3) is 0 Å². The van der Waals surface area contributed by atoms with Crippen LogP contribution in [-0.4, -0.2) is 13.1 Å². The molecule has 0 N–H and O–H groups in total. The molecule has 0 aliphatic carbocycles. The summed E-state index contributed by atoms with van der Waals surface area (Å²) >= 11 is 0. The van der Waals surface area contributed by atoms with E-state index >= 15 is 0 Å². The van der Waals surface area contributed by atoms with Gasteiger partial charge < -0.3 is 4.90 Å². The highest BCUT2D eigenvalue weighted by Gasteiger charge is 2.24. The first-order chi connectivity index (χ1) is 5.83. The van der Waals surface area contributed by atoms with E-state index in [1.807, 2.05) is 24.1 Å². The summed E-state index contributed by atoms with van der Waals surface area (Å²) in [6, 6.07) is 10.5. The molecule has 2 rings (SSSR count). The van der Waals surface area contributed by atoms with Crippen LogP contribution in [0.1, 0.15) is 5.56 Å². The average molecular weight is 195 g/mol. The van der Waals surface area contributed by atoms with Crippen molar-refractivity contribution in [3.05, 3.63) is 29.8 Å². The van der Waals surface area contributed by atoms with Crippen molar-refractivity contribution in [1.29, 1.82) is 5.26 Å². The predicted octanol–water partition coefficient (Wildman–Crippen LogP) is 1.99. The lowest BCUT2D eigenvalue weighted by molar-refractivity contribution is 0.814. The Hall–Kier alpha value is -1.20. The summed E-state index contributed by atoms with van der Waals surface area (Å²) in [6.45, 7) is 0. The lowest BCUT2D eigenvalue weighted by atomic mass is 10.1. The van der Waals surface area contributed by atoms with Crippen molar-refractivity contribution in [2.45, 2.75) is 12.5 Å². The molecule has 1 aliphatic rings. The van der Waals surface area contributed by atoms with E-state index in [1.165, 1.54) is 11.3 Å². The standard InChI is InChI=1S/C10H10N2.ClH/c1-12-9(7-11)6-8-4-2-3-5-10(8)12;/h2-5,9H,6H2,1H3;1H. The lowest BCUT2D eigenvalue weighted by Crippen LogP contribution is -2.25. The van der Waals surface area contributed by atoms with Crippen LogP contribution >= 0.6 is 12.4 Å². The van der Waals surface area contributed by atoms with Gasteiger partial charge in [0, 0.05) is 19.2 Å². The van der Waals surface area contributed by atoms with Crippen LogP contribution in [0.5, 0.6) is 0 Å². The second-order valence-corrected chi connectivity index (χ2v) is 3.09. The summed E-state index contributed by atoms with van der Waals surface area (Å²) in [4.78, 5) is 2.04. The molecule has 3 heteroatoms. The van der Waals surface area contributed by atoms with Gasteiger partial charge in [0.2, 0.25) is 0 Å². The molecule has 1 atom stereocenters. The minimum Gasteiger partial charge on any atom is -0.358 e. The first-order valence-corrected chi connectivity index (χ1v) is 4.03. The summed E-state index contributed by atoms with van der Waals surface area (Å²) in [5.74, 6) is 0. The largest absolute Gasteiger partial charge is 0.358 e. The van der Waals surface area contributed by atoms with Crippen LogP contribution in [0.2, 0.25) is 0 Å². The molecule has 0 amide bonds. The molecule has 68 valence electrons. The molecule has 1 aromatic rings. The number of nitrogens with zero attached hydrogens (tertiary/aromatic N) is 2. The number of hydrogen-bond donors (Lipinski definition) is 0. The normalized spacial score (nSPS) is 18.8. The fourth-order valence-electron chi connectivity index (χ4n) is 1.67. The number of benzene rings is 1. The summed E-state index contributed by atoms with van der Waals surface area (Å²) in [6.07, 6.45) is 0.864. The van der Waals surface area contributed by atoms with E-state index in [0.29, 0.717) is 0 Å². The minimum atomic E-state index is 0. The van der Waals surface area contributed by atoms with Crippen LogP contribution in [-0.2, 0) is 6.42 Å². The maximum atomic E-state index is 8.82. The highest BCUT2D eigenvalue weighted by Crippen LogP contribution is 2.29. The second-order valence-electron chi connectivity index (χ2n) is 3.09. The lowest BCUT2D eigenvalue weighted by Gasteiger charge is -2.15. The molecule has 1 aliphatic heterocycles. The number of rotatable bonds is 0. The Kier molecular flexibility index (Phi) is 2.79. The zero-order valence-electron chi connectivity index (χ0n) is 7.40. The van der Waals surface area contributed by atoms with E-state index in [0.717, 1.165) is 6.42 Å². The Morgan fingerprint density at radius 1 is 1.46 bits per heavy atom. The van der Waals surface area contributed by atoms with Crippen molar-refractivity contribution >= 4 is 18.1 Å². The zero-order valence-corrected chi connectivity index (χ0v) is 8.21. The smallest absolute Gasteiger partial charge is 0.120 e. The highest BCUT2D eigenvalue weighted by molar-refractivity contribution is 5.85. The molecular weight excluding hydrogens is 184 g/mol. The van der Waals surface area contributed by atoms with E-state index < -0.39 is 0 Å². The highest BCUT2D eigenvalue weighted by atomic mass is 35.5. The molecule has 2 nitrogen and oxygen atoms in total. The van der Waals surface area contributed by atoms with Crippen LogP contribution < -0.4 is 4.90 Å². The van der Waals surface area contributed by atoms with E-state index in [-0.39, 0.29) is 18.4 Å². The van der Waals surface area contributed by atoms with Crippen LogP contribution in [0, 0.1) is 11.3 Å². The Bertz CT molecular complexity index is 343. The van der Waals surface area contributed by atoms with Crippen molar-refractivity contribution in [1.82, 2.24) is 0 Å². The molecule has 1 heterocycles. The van der Waals surface area contributed by atoms with Crippen LogP contribution in [0.4, 0.5) is 5.69 Å². The topological polar surface area (TPSA) is 27.0 Å². The zero-order chi connectivity index (χ0) is 8.55. The van der Waals surface area contributed by atoms with Gasteiger partial charge in [-0.05, 0) is 11.6 Å². The van der Waals surface area contributed by atoms with Gasteiger partial charge in [-0.25, -0.2) is 0 Å². The minimum absolute atomic E-state index is 0. The molecule has 0 saturated heterocycles. The number of fused-ring (bicyclic) bond motifs is 1. The maximum Gasteiger partial charge on any atom is 0.120 e. The first kappa shape index (κ1) is 9.88. The van der Waals surface area contributed by atoms with Crippen LogP contribution in [0.3, 0.4) is 0 Å². The van der Waals surface area contributed by atoms with Gasteiger partial charge in [0.1, 0.15) is 6.04 Å². The molecule has 0 aromatic heterocycles. The van der Waals surface area contributed by atoms with Gasteiger partial charge in [-0.3, -0.25) is 0 Å². The van der Waals surface area contributed by atoms with E-state index in [1.54, 1.807) is 0 Å². The first-order valence-electron chi connectivity index (χ1n) is 4.03. The third kappa shape index (κ3) is 1.48. The fourth-order valence-corrected chi connectivity index (χ4v) is 1.67. The predicted molar refractivity (Wildman–Crippen MR) is 55.2 cm³/mol. The van der Waals surface area contributed by atoms with Gasteiger partial charge in [0.05, 0.1) is 6.07 Å². The molecule has 1 unspecified atom stereocenters. The third-order valence-electron chi connectivity index (χ3n) is 2.40. The molecule has 13 heavy (non-hydrogen) atoms. The number of hydrogen-bond acceptors (Lipinski definition) is 2. The monoisotopic (exact) mass is 194 g/mol. The fraction of sp³-hybridized carbons (Fsp3) is 0.300. The summed E-state index contributed by atoms with van der Waals surface area (Å²) in [7, 11) is 1.97. The van der Waals surface area contributed by atoms with Gasteiger partial charge in [0.25, 0.3) is 0 Å². The Balaban J connectivity index is 0.000000845.